The molecule has 0 aliphatic heterocycles. The molecule has 134 valence electrons. The van der Waals surface area contributed by atoms with Gasteiger partial charge in [-0.25, -0.2) is 0 Å². The first-order chi connectivity index (χ1) is 10.8. The van der Waals surface area contributed by atoms with Crippen molar-refractivity contribution in [1.82, 2.24) is 4.90 Å². The second kappa shape index (κ2) is 18.7. The van der Waals surface area contributed by atoms with Crippen molar-refractivity contribution in [3.63, 3.8) is 0 Å². The first-order valence-electron chi connectivity index (χ1n) is 7.71. The molecule has 0 bridgehead atoms. The third-order valence-corrected chi connectivity index (χ3v) is 2.74. The van der Waals surface area contributed by atoms with Gasteiger partial charge in [-0.2, -0.15) is 0 Å². The Morgan fingerprint density at radius 1 is 0.455 bits per heavy atom. The molecular formula is C14H31NO7. The molecule has 0 aromatic rings. The van der Waals surface area contributed by atoms with E-state index in [1.165, 1.54) is 0 Å². The van der Waals surface area contributed by atoms with Gasteiger partial charge in [-0.1, -0.05) is 0 Å². The molecule has 0 aromatic heterocycles. The molecule has 0 saturated heterocycles. The molecule has 0 amide bonds. The SMILES string of the molecule is OCCOCCOCCOCCN(CCO)CCOCCO. The number of hydrogen-bond donors (Lipinski definition) is 3. The fourth-order valence-corrected chi connectivity index (χ4v) is 1.64. The fourth-order valence-electron chi connectivity index (χ4n) is 1.64. The van der Waals surface area contributed by atoms with Crippen LogP contribution in [0.15, 0.2) is 0 Å². The minimum absolute atomic E-state index is 0.0220. The van der Waals surface area contributed by atoms with E-state index in [1.54, 1.807) is 0 Å². The summed E-state index contributed by atoms with van der Waals surface area (Å²) in [5.41, 5.74) is 0. The van der Waals surface area contributed by atoms with Crippen LogP contribution in [0.2, 0.25) is 0 Å². The molecule has 0 saturated carbocycles. The van der Waals surface area contributed by atoms with Gasteiger partial charge in [0, 0.05) is 19.6 Å². The van der Waals surface area contributed by atoms with Crippen LogP contribution in [-0.4, -0.2) is 113 Å². The van der Waals surface area contributed by atoms with E-state index in [0.29, 0.717) is 72.5 Å². The van der Waals surface area contributed by atoms with Crippen molar-refractivity contribution in [2.24, 2.45) is 0 Å². The van der Waals surface area contributed by atoms with Crippen molar-refractivity contribution in [3.8, 4) is 0 Å². The van der Waals surface area contributed by atoms with Crippen LogP contribution in [0.1, 0.15) is 0 Å². The van der Waals surface area contributed by atoms with Crippen LogP contribution in [0.4, 0.5) is 0 Å². The van der Waals surface area contributed by atoms with Crippen molar-refractivity contribution in [2.75, 3.05) is 92.3 Å². The Morgan fingerprint density at radius 2 is 0.864 bits per heavy atom. The van der Waals surface area contributed by atoms with Gasteiger partial charge in [-0.3, -0.25) is 4.90 Å². The monoisotopic (exact) mass is 325 g/mol. The molecule has 0 atom stereocenters. The molecule has 3 N–H and O–H groups in total. The lowest BCUT2D eigenvalue weighted by Gasteiger charge is -2.21. The molecule has 0 aliphatic carbocycles. The van der Waals surface area contributed by atoms with E-state index in [4.69, 9.17) is 34.3 Å². The van der Waals surface area contributed by atoms with E-state index in [0.717, 1.165) is 0 Å². The summed E-state index contributed by atoms with van der Waals surface area (Å²) in [5.74, 6) is 0. The second-order valence-electron chi connectivity index (χ2n) is 4.46. The van der Waals surface area contributed by atoms with Gasteiger partial charge in [-0.15, -0.1) is 0 Å². The maximum Gasteiger partial charge on any atom is 0.0701 e. The average molecular weight is 325 g/mol. The third-order valence-electron chi connectivity index (χ3n) is 2.74. The number of aliphatic hydroxyl groups is 3. The zero-order valence-electron chi connectivity index (χ0n) is 13.3. The molecule has 0 rings (SSSR count). The molecule has 0 fully saturated rings. The number of ether oxygens (including phenoxy) is 4. The first kappa shape index (κ1) is 21.7. The van der Waals surface area contributed by atoms with Crippen LogP contribution in [0.25, 0.3) is 0 Å². The molecule has 22 heavy (non-hydrogen) atoms. The topological polar surface area (TPSA) is 101 Å². The fraction of sp³-hybridized carbons (Fsp3) is 1.00. The largest absolute Gasteiger partial charge is 0.395 e. The van der Waals surface area contributed by atoms with Gasteiger partial charge >= 0.3 is 0 Å². The highest BCUT2D eigenvalue weighted by molar-refractivity contribution is 4.56. The summed E-state index contributed by atoms with van der Waals surface area (Å²) in [4.78, 5) is 2.04. The predicted octanol–water partition coefficient (Wildman–Crippen LogP) is -1.67. The van der Waals surface area contributed by atoms with Gasteiger partial charge in [0.2, 0.25) is 0 Å². The van der Waals surface area contributed by atoms with Crippen LogP contribution in [-0.2, 0) is 18.9 Å². The van der Waals surface area contributed by atoms with Crippen LogP contribution in [0, 0.1) is 0 Å². The molecule has 0 unspecified atom stereocenters. The number of rotatable bonds is 18. The highest BCUT2D eigenvalue weighted by atomic mass is 16.5. The molecule has 0 aliphatic rings. The Bertz CT molecular complexity index is 210. The van der Waals surface area contributed by atoms with Gasteiger partial charge < -0.3 is 34.3 Å². The quantitative estimate of drug-likeness (QED) is 0.257. The maximum atomic E-state index is 8.99. The maximum absolute atomic E-state index is 8.99. The summed E-state index contributed by atoms with van der Waals surface area (Å²) in [6.07, 6.45) is 0. The Hall–Kier alpha value is -0.320. The Labute approximate surface area is 132 Å². The zero-order chi connectivity index (χ0) is 16.3. The van der Waals surface area contributed by atoms with Gasteiger partial charge in [0.15, 0.2) is 0 Å². The summed E-state index contributed by atoms with van der Waals surface area (Å²) in [6, 6.07) is 0. The van der Waals surface area contributed by atoms with Gasteiger partial charge in [0.05, 0.1) is 72.7 Å². The highest BCUT2D eigenvalue weighted by Crippen LogP contribution is 1.90. The minimum Gasteiger partial charge on any atom is -0.395 e. The van der Waals surface area contributed by atoms with Crippen LogP contribution < -0.4 is 0 Å². The van der Waals surface area contributed by atoms with Crippen molar-refractivity contribution >= 4 is 0 Å². The van der Waals surface area contributed by atoms with Crippen molar-refractivity contribution in [2.45, 2.75) is 0 Å². The Balaban J connectivity index is 3.36. The Kier molecular flexibility index (Phi) is 18.5. The van der Waals surface area contributed by atoms with E-state index in [1.807, 2.05) is 4.90 Å². The Morgan fingerprint density at radius 3 is 1.32 bits per heavy atom. The van der Waals surface area contributed by atoms with E-state index in [-0.39, 0.29) is 19.8 Å². The van der Waals surface area contributed by atoms with E-state index in [2.05, 4.69) is 0 Å². The average Bonchev–Trinajstić information content (AvgIpc) is 2.53. The molecule has 8 nitrogen and oxygen atoms in total. The summed E-state index contributed by atoms with van der Waals surface area (Å²) in [6.45, 7) is 5.85. The van der Waals surface area contributed by atoms with E-state index < -0.39 is 0 Å². The number of aliphatic hydroxyl groups excluding tert-OH is 3. The van der Waals surface area contributed by atoms with E-state index >= 15 is 0 Å². The first-order valence-corrected chi connectivity index (χ1v) is 7.71. The van der Waals surface area contributed by atoms with Crippen LogP contribution in [0.5, 0.6) is 0 Å². The molecular weight excluding hydrogens is 294 g/mol. The zero-order valence-corrected chi connectivity index (χ0v) is 13.3. The predicted molar refractivity (Wildman–Crippen MR) is 81.0 cm³/mol. The summed E-state index contributed by atoms with van der Waals surface area (Å²) >= 11 is 0. The summed E-state index contributed by atoms with van der Waals surface area (Å²) in [7, 11) is 0. The molecule has 0 heterocycles. The van der Waals surface area contributed by atoms with Crippen molar-refractivity contribution in [1.29, 1.82) is 0 Å². The number of hydrogen-bond acceptors (Lipinski definition) is 8. The van der Waals surface area contributed by atoms with Crippen molar-refractivity contribution in [3.05, 3.63) is 0 Å². The van der Waals surface area contributed by atoms with Gasteiger partial charge in [-0.05, 0) is 0 Å². The number of nitrogens with zero attached hydrogens (tertiary/aromatic N) is 1. The molecule has 0 spiro atoms. The lowest BCUT2D eigenvalue weighted by molar-refractivity contribution is 0.00227. The second-order valence-corrected chi connectivity index (χ2v) is 4.46. The van der Waals surface area contributed by atoms with E-state index in [9.17, 15) is 0 Å². The summed E-state index contributed by atoms with van der Waals surface area (Å²) < 4.78 is 21.0. The molecule has 0 aromatic carbocycles. The highest BCUT2D eigenvalue weighted by Gasteiger charge is 2.04. The third kappa shape index (κ3) is 16.1. The van der Waals surface area contributed by atoms with Gasteiger partial charge in [0.25, 0.3) is 0 Å². The van der Waals surface area contributed by atoms with Gasteiger partial charge in [0.1, 0.15) is 0 Å². The smallest absolute Gasteiger partial charge is 0.0701 e. The van der Waals surface area contributed by atoms with Crippen LogP contribution in [0.3, 0.4) is 0 Å². The lowest BCUT2D eigenvalue weighted by Crippen LogP contribution is -2.33. The normalized spacial score (nSPS) is 11.5. The van der Waals surface area contributed by atoms with Crippen LogP contribution >= 0.6 is 0 Å². The lowest BCUT2D eigenvalue weighted by atomic mass is 10.4. The summed E-state index contributed by atoms with van der Waals surface area (Å²) in [5, 5.41) is 26.1. The molecule has 0 radical (unpaired) electrons. The molecule has 8 heteroatoms. The van der Waals surface area contributed by atoms with Crippen molar-refractivity contribution < 1.29 is 34.3 Å². The standard InChI is InChI=1S/C14H31NO7/c16-4-1-15(2-7-19-9-5-17)3-8-20-11-13-22-14-12-21-10-6-18/h16-18H,1-14H2. The minimum atomic E-state index is 0.0220.